The largest absolute Gasteiger partial charge is 0.360 e. The van der Waals surface area contributed by atoms with Gasteiger partial charge in [0.2, 0.25) is 0 Å². The second-order valence-corrected chi connectivity index (χ2v) is 12.6. The molecule has 1 aliphatic heterocycles. The predicted octanol–water partition coefficient (Wildman–Crippen LogP) is 5.06. The maximum absolute atomic E-state index is 13.7. The van der Waals surface area contributed by atoms with Crippen molar-refractivity contribution in [2.24, 2.45) is 0 Å². The van der Waals surface area contributed by atoms with E-state index < -0.39 is 10.0 Å². The summed E-state index contributed by atoms with van der Waals surface area (Å²) in [6, 6.07) is 16.4. The molecule has 0 bridgehead atoms. The number of piperidine rings is 1. The highest BCUT2D eigenvalue weighted by molar-refractivity contribution is 7.92. The first-order valence-corrected chi connectivity index (χ1v) is 15.4. The highest BCUT2D eigenvalue weighted by Crippen LogP contribution is 2.32. The van der Waals surface area contributed by atoms with Gasteiger partial charge in [0.05, 0.1) is 40.8 Å². The number of nitriles is 1. The number of hydrogen-bond donors (Lipinski definition) is 2. The Morgan fingerprint density at radius 1 is 1.05 bits per heavy atom. The highest BCUT2D eigenvalue weighted by Gasteiger charge is 2.27. The number of thiocarbonyl (C=S) groups is 1. The molecule has 1 saturated carbocycles. The number of aromatic amines is 1. The third-order valence-electron chi connectivity index (χ3n) is 7.81. The van der Waals surface area contributed by atoms with Gasteiger partial charge in [0.15, 0.2) is 5.11 Å². The summed E-state index contributed by atoms with van der Waals surface area (Å²) in [6.07, 6.45) is 11.5. The number of hydrogen-bond acceptors (Lipinski definition) is 5. The number of rotatable bonds is 7. The van der Waals surface area contributed by atoms with Gasteiger partial charge in [0.1, 0.15) is 0 Å². The average molecular weight is 563 g/mol. The highest BCUT2D eigenvalue weighted by atomic mass is 32.2. The first-order chi connectivity index (χ1) is 18.9. The molecule has 2 aromatic carbocycles. The molecule has 39 heavy (non-hydrogen) atoms. The maximum atomic E-state index is 13.7. The molecule has 1 saturated heterocycles. The number of anilines is 1. The van der Waals surface area contributed by atoms with Gasteiger partial charge in [-0.2, -0.15) is 5.26 Å². The van der Waals surface area contributed by atoms with Gasteiger partial charge in [-0.15, -0.1) is 0 Å². The van der Waals surface area contributed by atoms with Crippen LogP contribution >= 0.6 is 12.2 Å². The van der Waals surface area contributed by atoms with Crippen molar-refractivity contribution < 1.29 is 8.42 Å². The van der Waals surface area contributed by atoms with Gasteiger partial charge < -0.3 is 15.2 Å². The van der Waals surface area contributed by atoms with Crippen molar-refractivity contribution in [3.8, 4) is 6.07 Å². The first-order valence-electron chi connectivity index (χ1n) is 13.6. The second-order valence-electron chi connectivity index (χ2n) is 10.4. The number of benzene rings is 2. The molecule has 204 valence electrons. The SMILES string of the molecule is N#Cc1ccc(S(=O)(=O)N(Cc2cnc[nH]2)c2ccc(C3CCN(C(=S)NC4CCCCC4)CC3)cc2)cc1. The Bertz CT molecular complexity index is 1390. The number of sulfonamides is 1. The minimum atomic E-state index is -3.87. The quantitative estimate of drug-likeness (QED) is 0.388. The van der Waals surface area contributed by atoms with Crippen LogP contribution in [0.1, 0.15) is 67.7 Å². The Hall–Kier alpha value is -3.42. The van der Waals surface area contributed by atoms with E-state index in [9.17, 15) is 8.42 Å². The molecule has 1 aliphatic carbocycles. The molecular formula is C29H34N6O2S2. The van der Waals surface area contributed by atoms with Crippen molar-refractivity contribution >= 4 is 33.0 Å². The number of likely N-dealkylation sites (tertiary alicyclic amines) is 1. The zero-order valence-electron chi connectivity index (χ0n) is 21.9. The fraction of sp³-hybridized carbons (Fsp3) is 0.414. The van der Waals surface area contributed by atoms with Crippen LogP contribution in [0.2, 0.25) is 0 Å². The van der Waals surface area contributed by atoms with E-state index >= 15 is 0 Å². The van der Waals surface area contributed by atoms with Crippen LogP contribution in [0.3, 0.4) is 0 Å². The van der Waals surface area contributed by atoms with E-state index in [4.69, 9.17) is 17.5 Å². The molecule has 5 rings (SSSR count). The van der Waals surface area contributed by atoms with Crippen LogP contribution < -0.4 is 9.62 Å². The summed E-state index contributed by atoms with van der Waals surface area (Å²) in [5, 5.41) is 13.6. The molecule has 10 heteroatoms. The second kappa shape index (κ2) is 12.2. The van der Waals surface area contributed by atoms with Gasteiger partial charge in [0, 0.05) is 25.3 Å². The molecule has 1 aromatic heterocycles. The van der Waals surface area contributed by atoms with Crippen LogP contribution in [0, 0.1) is 11.3 Å². The lowest BCUT2D eigenvalue weighted by Gasteiger charge is -2.36. The lowest BCUT2D eigenvalue weighted by Crippen LogP contribution is -2.47. The molecule has 0 unspecified atom stereocenters. The summed E-state index contributed by atoms with van der Waals surface area (Å²) in [6.45, 7) is 1.96. The Balaban J connectivity index is 1.28. The average Bonchev–Trinajstić information content (AvgIpc) is 3.50. The smallest absolute Gasteiger partial charge is 0.264 e. The summed E-state index contributed by atoms with van der Waals surface area (Å²) >= 11 is 5.72. The van der Waals surface area contributed by atoms with Crippen LogP contribution in [-0.2, 0) is 16.6 Å². The normalized spacial score (nSPS) is 16.9. The summed E-state index contributed by atoms with van der Waals surface area (Å²) in [5.74, 6) is 0.406. The molecule has 2 fully saturated rings. The Morgan fingerprint density at radius 2 is 1.74 bits per heavy atom. The monoisotopic (exact) mass is 562 g/mol. The van der Waals surface area contributed by atoms with Crippen LogP contribution in [0.15, 0.2) is 66.0 Å². The fourth-order valence-corrected chi connectivity index (χ4v) is 7.30. The molecule has 2 N–H and O–H groups in total. The Kier molecular flexibility index (Phi) is 8.48. The lowest BCUT2D eigenvalue weighted by atomic mass is 9.89. The molecular weight excluding hydrogens is 528 g/mol. The van der Waals surface area contributed by atoms with E-state index in [0.717, 1.165) is 31.0 Å². The van der Waals surface area contributed by atoms with Gasteiger partial charge >= 0.3 is 0 Å². The van der Waals surface area contributed by atoms with E-state index in [1.54, 1.807) is 6.20 Å². The number of nitrogens with zero attached hydrogens (tertiary/aromatic N) is 4. The van der Waals surface area contributed by atoms with E-state index in [1.165, 1.54) is 72.6 Å². The molecule has 0 atom stereocenters. The van der Waals surface area contributed by atoms with Crippen LogP contribution in [-0.4, -0.2) is 47.5 Å². The molecule has 2 heterocycles. The van der Waals surface area contributed by atoms with E-state index in [0.29, 0.717) is 28.9 Å². The van der Waals surface area contributed by atoms with Crippen LogP contribution in [0.5, 0.6) is 0 Å². The Labute approximate surface area is 236 Å². The van der Waals surface area contributed by atoms with E-state index in [2.05, 4.69) is 20.2 Å². The zero-order valence-corrected chi connectivity index (χ0v) is 23.6. The molecule has 3 aromatic rings. The predicted molar refractivity (Wildman–Crippen MR) is 156 cm³/mol. The third kappa shape index (κ3) is 6.43. The van der Waals surface area contributed by atoms with Gasteiger partial charge in [-0.3, -0.25) is 4.31 Å². The Morgan fingerprint density at radius 3 is 2.36 bits per heavy atom. The van der Waals surface area contributed by atoms with Gasteiger partial charge in [-0.1, -0.05) is 31.4 Å². The standard InChI is InChI=1S/C29H34N6O2S2/c30-18-22-6-12-28(13-7-22)39(36,37)35(20-26-19-31-21-32-26)27-10-8-23(9-11-27)24-14-16-34(17-15-24)29(38)33-25-4-2-1-3-5-25/h6-13,19,21,24-25H,1-5,14-17,20H2,(H,31,32)(H,33,38). The number of imidazole rings is 1. The van der Waals surface area contributed by atoms with Crippen molar-refractivity contribution in [3.63, 3.8) is 0 Å². The lowest BCUT2D eigenvalue weighted by molar-refractivity contribution is 0.301. The number of aromatic nitrogens is 2. The fourth-order valence-electron chi connectivity index (χ4n) is 5.51. The zero-order chi connectivity index (χ0) is 27.2. The maximum Gasteiger partial charge on any atom is 0.264 e. The first kappa shape index (κ1) is 27.2. The van der Waals surface area contributed by atoms with Gasteiger partial charge in [-0.05, 0) is 85.8 Å². The molecule has 0 amide bonds. The molecule has 0 spiro atoms. The van der Waals surface area contributed by atoms with Crippen LogP contribution in [0.25, 0.3) is 0 Å². The summed E-state index contributed by atoms with van der Waals surface area (Å²) < 4.78 is 28.7. The van der Waals surface area contributed by atoms with Crippen molar-refractivity contribution in [1.29, 1.82) is 5.26 Å². The molecule has 2 aliphatic rings. The van der Waals surface area contributed by atoms with Crippen molar-refractivity contribution in [1.82, 2.24) is 20.2 Å². The van der Waals surface area contributed by atoms with Crippen molar-refractivity contribution in [2.45, 2.75) is 68.3 Å². The van der Waals surface area contributed by atoms with Gasteiger partial charge in [-0.25, -0.2) is 13.4 Å². The van der Waals surface area contributed by atoms with Crippen molar-refractivity contribution in [3.05, 3.63) is 77.9 Å². The van der Waals surface area contributed by atoms with Crippen LogP contribution in [0.4, 0.5) is 5.69 Å². The molecule has 8 nitrogen and oxygen atoms in total. The van der Waals surface area contributed by atoms with Gasteiger partial charge in [0.25, 0.3) is 10.0 Å². The van der Waals surface area contributed by atoms with Crippen molar-refractivity contribution in [2.75, 3.05) is 17.4 Å². The number of nitrogens with one attached hydrogen (secondary N) is 2. The summed E-state index contributed by atoms with van der Waals surface area (Å²) in [7, 11) is -3.87. The summed E-state index contributed by atoms with van der Waals surface area (Å²) in [4.78, 5) is 9.47. The van der Waals surface area contributed by atoms with E-state index in [-0.39, 0.29) is 11.4 Å². The minimum Gasteiger partial charge on any atom is -0.360 e. The summed E-state index contributed by atoms with van der Waals surface area (Å²) in [5.41, 5.74) is 2.88. The molecule has 0 radical (unpaired) electrons. The van der Waals surface area contributed by atoms with E-state index in [1.807, 2.05) is 30.3 Å². The topological polar surface area (TPSA) is 105 Å². The third-order valence-corrected chi connectivity index (χ3v) is 9.97. The minimum absolute atomic E-state index is 0.117. The number of H-pyrrole nitrogens is 1.